The lowest BCUT2D eigenvalue weighted by molar-refractivity contribution is -0.163. The van der Waals surface area contributed by atoms with Crippen molar-refractivity contribution in [1.29, 1.82) is 0 Å². The second-order valence-corrected chi connectivity index (χ2v) is 9.33. The molecule has 2 saturated heterocycles. The molecule has 5 atom stereocenters. The standard InChI is InChI=1S/C19H25N5O4S/c1-9-14-13(10(2)25)17(26)24(14)15(18(27)28)16(9)29-12-3-4-23(8-12)7-11-5-21-19(20)22-6-11/h5-6,9-10,12-14,25H,3-4,7-8H2,1-2H3,(H,27,28)(H2,20,21,22)/t9-,10-,12-,13-,14-/m1/s1. The molecule has 0 aliphatic carbocycles. The maximum atomic E-state index is 12.4. The summed E-state index contributed by atoms with van der Waals surface area (Å²) in [5.41, 5.74) is 6.61. The van der Waals surface area contributed by atoms with Crippen molar-refractivity contribution in [2.24, 2.45) is 11.8 Å². The zero-order chi connectivity index (χ0) is 20.9. The van der Waals surface area contributed by atoms with E-state index in [1.54, 1.807) is 31.1 Å². The summed E-state index contributed by atoms with van der Waals surface area (Å²) in [7, 11) is 0. The minimum Gasteiger partial charge on any atom is -0.477 e. The Labute approximate surface area is 173 Å². The summed E-state index contributed by atoms with van der Waals surface area (Å²) in [6, 6.07) is -0.263. The van der Waals surface area contributed by atoms with Gasteiger partial charge in [0, 0.05) is 47.1 Å². The van der Waals surface area contributed by atoms with Crippen LogP contribution in [0.2, 0.25) is 0 Å². The number of aliphatic hydroxyl groups is 1. The molecule has 4 rings (SSSR count). The van der Waals surface area contributed by atoms with Crippen LogP contribution in [0.4, 0.5) is 5.95 Å². The Hall–Kier alpha value is -2.17. The average molecular weight is 420 g/mol. The van der Waals surface area contributed by atoms with E-state index in [0.717, 1.165) is 36.5 Å². The number of aromatic nitrogens is 2. The Morgan fingerprint density at radius 1 is 1.41 bits per heavy atom. The highest BCUT2D eigenvalue weighted by molar-refractivity contribution is 8.03. The number of aliphatic carboxylic acids is 1. The number of likely N-dealkylation sites (tertiary alicyclic amines) is 1. The number of nitrogens with zero attached hydrogens (tertiary/aromatic N) is 4. The van der Waals surface area contributed by atoms with E-state index >= 15 is 0 Å². The summed E-state index contributed by atoms with van der Waals surface area (Å²) in [4.78, 5) is 36.8. The zero-order valence-electron chi connectivity index (χ0n) is 16.4. The van der Waals surface area contributed by atoms with Crippen molar-refractivity contribution in [3.63, 3.8) is 0 Å². The minimum absolute atomic E-state index is 0.0945. The molecule has 0 aromatic carbocycles. The first kappa shape index (κ1) is 20.1. The van der Waals surface area contributed by atoms with Gasteiger partial charge in [0.25, 0.3) is 0 Å². The number of hydrogen-bond acceptors (Lipinski definition) is 8. The molecular formula is C19H25N5O4S. The zero-order valence-corrected chi connectivity index (χ0v) is 17.2. The molecule has 10 heteroatoms. The maximum absolute atomic E-state index is 12.4. The number of β-lactam (4-membered cyclic amide) rings is 1. The highest BCUT2D eigenvalue weighted by Crippen LogP contribution is 2.51. The van der Waals surface area contributed by atoms with Gasteiger partial charge in [-0.1, -0.05) is 6.92 Å². The van der Waals surface area contributed by atoms with Gasteiger partial charge in [-0.3, -0.25) is 9.69 Å². The maximum Gasteiger partial charge on any atom is 0.353 e. The smallest absolute Gasteiger partial charge is 0.353 e. The number of carboxylic acid groups (broad SMARTS) is 1. The Kier molecular flexibility index (Phi) is 5.26. The number of carboxylic acids is 1. The second-order valence-electron chi connectivity index (χ2n) is 7.99. The quantitative estimate of drug-likeness (QED) is 0.564. The van der Waals surface area contributed by atoms with Crippen LogP contribution in [0.25, 0.3) is 0 Å². The molecule has 0 spiro atoms. The van der Waals surface area contributed by atoms with E-state index in [0.29, 0.717) is 0 Å². The topological polar surface area (TPSA) is 133 Å². The van der Waals surface area contributed by atoms with Gasteiger partial charge in [-0.25, -0.2) is 14.8 Å². The number of rotatable bonds is 6. The lowest BCUT2D eigenvalue weighted by Crippen LogP contribution is -2.63. The first-order valence-corrected chi connectivity index (χ1v) is 10.6. The number of hydrogen-bond donors (Lipinski definition) is 3. The Morgan fingerprint density at radius 2 is 2.10 bits per heavy atom. The molecule has 4 heterocycles. The van der Waals surface area contributed by atoms with Crippen LogP contribution in [0.15, 0.2) is 23.0 Å². The summed E-state index contributed by atoms with van der Waals surface area (Å²) < 4.78 is 0. The monoisotopic (exact) mass is 419 g/mol. The molecule has 1 aromatic rings. The van der Waals surface area contributed by atoms with Gasteiger partial charge >= 0.3 is 5.97 Å². The Morgan fingerprint density at radius 3 is 2.72 bits per heavy atom. The highest BCUT2D eigenvalue weighted by atomic mass is 32.2. The summed E-state index contributed by atoms with van der Waals surface area (Å²) in [6.45, 7) is 5.98. The minimum atomic E-state index is -1.08. The number of nitrogens with two attached hydrogens (primary N) is 1. The molecule has 1 aromatic heterocycles. The van der Waals surface area contributed by atoms with Crippen molar-refractivity contribution in [2.45, 2.75) is 44.2 Å². The molecule has 4 N–H and O–H groups in total. The first-order chi connectivity index (χ1) is 13.8. The number of fused-ring (bicyclic) bond motifs is 1. The second kappa shape index (κ2) is 7.58. The molecule has 0 unspecified atom stereocenters. The molecule has 2 fully saturated rings. The van der Waals surface area contributed by atoms with Crippen LogP contribution in [-0.4, -0.2) is 72.3 Å². The summed E-state index contributed by atoms with van der Waals surface area (Å²) in [5, 5.41) is 19.9. The van der Waals surface area contributed by atoms with E-state index in [-0.39, 0.29) is 34.8 Å². The van der Waals surface area contributed by atoms with Gasteiger partial charge in [0.2, 0.25) is 11.9 Å². The van der Waals surface area contributed by atoms with Gasteiger partial charge in [0.15, 0.2) is 0 Å². The van der Waals surface area contributed by atoms with E-state index in [2.05, 4.69) is 14.9 Å². The van der Waals surface area contributed by atoms with Gasteiger partial charge in [-0.15, -0.1) is 11.8 Å². The molecular weight excluding hydrogens is 394 g/mol. The third-order valence-corrected chi connectivity index (χ3v) is 7.50. The molecule has 0 radical (unpaired) electrons. The van der Waals surface area contributed by atoms with E-state index in [4.69, 9.17) is 5.73 Å². The summed E-state index contributed by atoms with van der Waals surface area (Å²) >= 11 is 1.57. The number of aliphatic hydroxyl groups excluding tert-OH is 1. The Bertz CT molecular complexity index is 859. The van der Waals surface area contributed by atoms with Crippen molar-refractivity contribution < 1.29 is 19.8 Å². The van der Waals surface area contributed by atoms with Gasteiger partial charge in [0.05, 0.1) is 18.1 Å². The third-order valence-electron chi connectivity index (χ3n) is 5.97. The van der Waals surface area contributed by atoms with Crippen LogP contribution in [0, 0.1) is 11.8 Å². The van der Waals surface area contributed by atoms with Gasteiger partial charge in [-0.05, 0) is 19.9 Å². The van der Waals surface area contributed by atoms with Crippen molar-refractivity contribution in [3.8, 4) is 0 Å². The number of carbonyl (C=O) groups excluding carboxylic acids is 1. The van der Waals surface area contributed by atoms with Gasteiger partial charge in [0.1, 0.15) is 5.70 Å². The number of amides is 1. The fourth-order valence-electron chi connectivity index (χ4n) is 4.60. The third kappa shape index (κ3) is 3.49. The molecule has 0 saturated carbocycles. The average Bonchev–Trinajstić information content (AvgIpc) is 3.18. The molecule has 0 bridgehead atoms. The van der Waals surface area contributed by atoms with Gasteiger partial charge in [-0.2, -0.15) is 0 Å². The predicted molar refractivity (Wildman–Crippen MR) is 107 cm³/mol. The summed E-state index contributed by atoms with van der Waals surface area (Å²) in [6.07, 6.45) is 3.59. The highest BCUT2D eigenvalue weighted by Gasteiger charge is 2.60. The Balaban J connectivity index is 1.45. The first-order valence-electron chi connectivity index (χ1n) is 9.72. The number of anilines is 1. The van der Waals surface area contributed by atoms with Crippen LogP contribution in [0.3, 0.4) is 0 Å². The number of thioether (sulfide) groups is 1. The predicted octanol–water partition coefficient (Wildman–Crippen LogP) is 0.520. The lowest BCUT2D eigenvalue weighted by atomic mass is 9.79. The summed E-state index contributed by atoms with van der Waals surface area (Å²) in [5.74, 6) is -1.73. The molecule has 156 valence electrons. The van der Waals surface area contributed by atoms with E-state index in [1.807, 2.05) is 6.92 Å². The fraction of sp³-hybridized carbons (Fsp3) is 0.579. The van der Waals surface area contributed by atoms with Crippen molar-refractivity contribution in [3.05, 3.63) is 28.6 Å². The van der Waals surface area contributed by atoms with Crippen LogP contribution in [-0.2, 0) is 16.1 Å². The van der Waals surface area contributed by atoms with E-state index in [1.165, 1.54) is 4.90 Å². The van der Waals surface area contributed by atoms with Crippen LogP contribution in [0.1, 0.15) is 25.8 Å². The molecule has 3 aliphatic heterocycles. The van der Waals surface area contributed by atoms with Crippen molar-refractivity contribution in [1.82, 2.24) is 19.8 Å². The van der Waals surface area contributed by atoms with Crippen molar-refractivity contribution >= 4 is 29.6 Å². The fourth-order valence-corrected chi connectivity index (χ4v) is 6.12. The van der Waals surface area contributed by atoms with Crippen LogP contribution < -0.4 is 5.73 Å². The van der Waals surface area contributed by atoms with Gasteiger partial charge < -0.3 is 20.8 Å². The molecule has 29 heavy (non-hydrogen) atoms. The number of nitrogen functional groups attached to an aromatic ring is 1. The molecule has 9 nitrogen and oxygen atoms in total. The number of carbonyl (C=O) groups is 2. The molecule has 1 amide bonds. The van der Waals surface area contributed by atoms with E-state index in [9.17, 15) is 19.8 Å². The van der Waals surface area contributed by atoms with Crippen LogP contribution in [0.5, 0.6) is 0 Å². The SMILES string of the molecule is C[C@@H](O)[C@H]1C(=O)N2C(C(=O)O)=C(S[C@@H]3CCN(Cc4cnc(N)nc4)C3)[C@H](C)[C@H]12. The molecule has 3 aliphatic rings. The largest absolute Gasteiger partial charge is 0.477 e. The normalized spacial score (nSPS) is 30.4. The van der Waals surface area contributed by atoms with Crippen LogP contribution >= 0.6 is 11.8 Å². The van der Waals surface area contributed by atoms with Crippen molar-refractivity contribution in [2.75, 3.05) is 18.8 Å². The lowest BCUT2D eigenvalue weighted by Gasteiger charge is -2.46. The van der Waals surface area contributed by atoms with E-state index < -0.39 is 18.0 Å².